The van der Waals surface area contributed by atoms with E-state index >= 15 is 0 Å². The summed E-state index contributed by atoms with van der Waals surface area (Å²) < 4.78 is 22.3. The Morgan fingerprint density at radius 3 is 2.41 bits per heavy atom. The van der Waals surface area contributed by atoms with E-state index in [1.807, 2.05) is 24.3 Å². The number of hydrogen-bond donors (Lipinski definition) is 2. The van der Waals surface area contributed by atoms with Crippen LogP contribution in [0.5, 0.6) is 11.5 Å². The molecule has 0 saturated heterocycles. The number of aliphatic hydroxyl groups excluding tert-OH is 2. The molecule has 1 fully saturated rings. The highest BCUT2D eigenvalue weighted by Gasteiger charge is 2.49. The molecule has 0 heterocycles. The minimum absolute atomic E-state index is 0.137. The second kappa shape index (κ2) is 8.61. The molecule has 0 radical (unpaired) electrons. The smallest absolute Gasteiger partial charge is 0.147 e. The summed E-state index contributed by atoms with van der Waals surface area (Å²) in [6.45, 7) is 0.137. The molecule has 27 heavy (non-hydrogen) atoms. The van der Waals surface area contributed by atoms with Crippen molar-refractivity contribution >= 4 is 0 Å². The van der Waals surface area contributed by atoms with Crippen molar-refractivity contribution in [2.45, 2.75) is 50.4 Å². The van der Waals surface area contributed by atoms with Crippen molar-refractivity contribution in [1.29, 1.82) is 0 Å². The van der Waals surface area contributed by atoms with Crippen molar-refractivity contribution in [3.05, 3.63) is 35.4 Å². The third-order valence-corrected chi connectivity index (χ3v) is 5.83. The summed E-state index contributed by atoms with van der Waals surface area (Å²) in [7, 11) is 4.83. The summed E-state index contributed by atoms with van der Waals surface area (Å²) in [5.41, 5.74) is 1.70. The van der Waals surface area contributed by atoms with Crippen molar-refractivity contribution in [3.63, 3.8) is 0 Å². The molecule has 0 aromatic heterocycles. The molecule has 6 nitrogen and oxygen atoms in total. The standard InChI is InChI=1S/C21H30O6/c1-24-13-27-20(14-8-16(25-2)11-17(9-14)26-3)21-7-5-4-6-15(21)10-18(22)19(23)12-21/h8-11,18-20,22-23H,4-7,12-13H2,1-3H3/t18?,19?,20-,21-/m1/s1. The summed E-state index contributed by atoms with van der Waals surface area (Å²) in [6.07, 6.45) is 4.22. The predicted octanol–water partition coefficient (Wildman–Crippen LogP) is 2.98. The van der Waals surface area contributed by atoms with Gasteiger partial charge in [-0.05, 0) is 43.4 Å². The molecular weight excluding hydrogens is 348 g/mol. The zero-order valence-electron chi connectivity index (χ0n) is 16.3. The highest BCUT2D eigenvalue weighted by molar-refractivity contribution is 5.42. The van der Waals surface area contributed by atoms with Gasteiger partial charge in [-0.15, -0.1) is 0 Å². The first-order chi connectivity index (χ1) is 13.0. The molecule has 0 bridgehead atoms. The summed E-state index contributed by atoms with van der Waals surface area (Å²) in [4.78, 5) is 0. The van der Waals surface area contributed by atoms with Crippen molar-refractivity contribution in [1.82, 2.24) is 0 Å². The van der Waals surface area contributed by atoms with Crippen molar-refractivity contribution in [2.24, 2.45) is 5.41 Å². The average Bonchev–Trinajstić information content (AvgIpc) is 2.69. The molecule has 1 saturated carbocycles. The normalized spacial score (nSPS) is 28.9. The van der Waals surface area contributed by atoms with Crippen LogP contribution in [-0.2, 0) is 9.47 Å². The number of hydrogen-bond acceptors (Lipinski definition) is 6. The summed E-state index contributed by atoms with van der Waals surface area (Å²) in [5.74, 6) is 1.37. The van der Waals surface area contributed by atoms with Crippen LogP contribution < -0.4 is 9.47 Å². The first kappa shape index (κ1) is 20.1. The van der Waals surface area contributed by atoms with Gasteiger partial charge >= 0.3 is 0 Å². The number of benzene rings is 1. The molecule has 0 spiro atoms. The maximum Gasteiger partial charge on any atom is 0.147 e. The first-order valence-corrected chi connectivity index (χ1v) is 9.45. The van der Waals surface area contributed by atoms with E-state index < -0.39 is 12.2 Å². The van der Waals surface area contributed by atoms with Crippen LogP contribution in [0.3, 0.4) is 0 Å². The van der Waals surface area contributed by atoms with Crippen LogP contribution in [0.2, 0.25) is 0 Å². The van der Waals surface area contributed by atoms with Gasteiger partial charge in [0.1, 0.15) is 18.3 Å². The predicted molar refractivity (Wildman–Crippen MR) is 101 cm³/mol. The van der Waals surface area contributed by atoms with Crippen LogP contribution in [0.4, 0.5) is 0 Å². The number of fused-ring (bicyclic) bond motifs is 1. The maximum atomic E-state index is 10.5. The van der Waals surface area contributed by atoms with Gasteiger partial charge in [0.15, 0.2) is 0 Å². The molecule has 0 amide bonds. The molecule has 2 aliphatic carbocycles. The van der Waals surface area contributed by atoms with Gasteiger partial charge < -0.3 is 29.2 Å². The fourth-order valence-corrected chi connectivity index (χ4v) is 4.56. The molecule has 2 N–H and O–H groups in total. The molecule has 6 heteroatoms. The quantitative estimate of drug-likeness (QED) is 0.561. The molecule has 1 aromatic rings. The second-order valence-electron chi connectivity index (χ2n) is 7.42. The lowest BCUT2D eigenvalue weighted by atomic mass is 9.59. The zero-order valence-corrected chi connectivity index (χ0v) is 16.3. The number of methoxy groups -OCH3 is 3. The lowest BCUT2D eigenvalue weighted by Crippen LogP contribution is -2.45. The van der Waals surface area contributed by atoms with Gasteiger partial charge in [-0.25, -0.2) is 0 Å². The third-order valence-electron chi connectivity index (χ3n) is 5.83. The molecule has 2 unspecified atom stereocenters. The van der Waals surface area contributed by atoms with E-state index in [2.05, 4.69) is 0 Å². The number of ether oxygens (including phenoxy) is 4. The average molecular weight is 378 g/mol. The van der Waals surface area contributed by atoms with Gasteiger partial charge in [0, 0.05) is 18.6 Å². The van der Waals surface area contributed by atoms with E-state index in [0.717, 1.165) is 36.8 Å². The minimum atomic E-state index is -0.825. The zero-order chi connectivity index (χ0) is 19.4. The summed E-state index contributed by atoms with van der Waals surface area (Å²) in [6, 6.07) is 5.72. The number of aliphatic hydroxyl groups is 2. The fraction of sp³-hybridized carbons (Fsp3) is 0.619. The number of rotatable bonds is 7. The van der Waals surface area contributed by atoms with Gasteiger partial charge in [0.05, 0.1) is 32.5 Å². The Labute approximate surface area is 160 Å². The van der Waals surface area contributed by atoms with E-state index in [4.69, 9.17) is 18.9 Å². The molecule has 0 aliphatic heterocycles. The Morgan fingerprint density at radius 1 is 1.07 bits per heavy atom. The second-order valence-corrected chi connectivity index (χ2v) is 7.42. The van der Waals surface area contributed by atoms with Gasteiger partial charge in [-0.2, -0.15) is 0 Å². The lowest BCUT2D eigenvalue weighted by molar-refractivity contribution is -0.135. The fourth-order valence-electron chi connectivity index (χ4n) is 4.56. The van der Waals surface area contributed by atoms with E-state index in [-0.39, 0.29) is 18.3 Å². The Bertz CT molecular complexity index is 650. The monoisotopic (exact) mass is 378 g/mol. The van der Waals surface area contributed by atoms with Crippen molar-refractivity contribution in [2.75, 3.05) is 28.1 Å². The van der Waals surface area contributed by atoms with Crippen molar-refractivity contribution < 1.29 is 29.2 Å². The topological polar surface area (TPSA) is 77.4 Å². The minimum Gasteiger partial charge on any atom is -0.497 e. The first-order valence-electron chi connectivity index (χ1n) is 9.45. The summed E-state index contributed by atoms with van der Waals surface area (Å²) >= 11 is 0. The van der Waals surface area contributed by atoms with Crippen LogP contribution >= 0.6 is 0 Å². The van der Waals surface area contributed by atoms with Crippen LogP contribution in [0.25, 0.3) is 0 Å². The Balaban J connectivity index is 2.09. The van der Waals surface area contributed by atoms with E-state index in [0.29, 0.717) is 17.9 Å². The molecule has 150 valence electrons. The van der Waals surface area contributed by atoms with E-state index in [1.165, 1.54) is 0 Å². The Kier molecular flexibility index (Phi) is 6.42. The molecule has 3 rings (SSSR count). The van der Waals surface area contributed by atoms with Gasteiger partial charge in [-0.1, -0.05) is 18.1 Å². The molecule has 4 atom stereocenters. The Morgan fingerprint density at radius 2 is 1.78 bits per heavy atom. The van der Waals surface area contributed by atoms with E-state index in [1.54, 1.807) is 21.3 Å². The van der Waals surface area contributed by atoms with Gasteiger partial charge in [-0.3, -0.25) is 0 Å². The highest BCUT2D eigenvalue weighted by atomic mass is 16.7. The van der Waals surface area contributed by atoms with Crippen LogP contribution in [0.1, 0.15) is 43.8 Å². The van der Waals surface area contributed by atoms with E-state index in [9.17, 15) is 10.2 Å². The molecule has 1 aromatic carbocycles. The third kappa shape index (κ3) is 3.99. The van der Waals surface area contributed by atoms with Crippen LogP contribution in [0.15, 0.2) is 29.8 Å². The molecular formula is C21H30O6. The largest absolute Gasteiger partial charge is 0.497 e. The van der Waals surface area contributed by atoms with Crippen LogP contribution in [-0.4, -0.2) is 50.5 Å². The molecule has 2 aliphatic rings. The SMILES string of the molecule is COCO[C@H](c1cc(OC)cc(OC)c1)[C@@]12CCCCC1=CC(O)C(O)C2. The maximum absolute atomic E-state index is 10.5. The van der Waals surface area contributed by atoms with Gasteiger partial charge in [0.2, 0.25) is 0 Å². The lowest BCUT2D eigenvalue weighted by Gasteiger charge is -2.49. The van der Waals surface area contributed by atoms with Crippen molar-refractivity contribution in [3.8, 4) is 11.5 Å². The van der Waals surface area contributed by atoms with Gasteiger partial charge in [0.25, 0.3) is 0 Å². The highest BCUT2D eigenvalue weighted by Crippen LogP contribution is 2.56. The summed E-state index contributed by atoms with van der Waals surface area (Å²) in [5, 5.41) is 20.7. The Hall–Kier alpha value is -1.60. The van der Waals surface area contributed by atoms with Crippen LogP contribution in [0, 0.1) is 5.41 Å².